The summed E-state index contributed by atoms with van der Waals surface area (Å²) in [5.74, 6) is 1.09. The Balaban J connectivity index is 1.64. The first-order chi connectivity index (χ1) is 9.22. The van der Waals surface area contributed by atoms with E-state index in [2.05, 4.69) is 52.2 Å². The molecule has 2 aromatic rings. The number of anilines is 2. The quantitative estimate of drug-likeness (QED) is 0.822. The fourth-order valence-electron chi connectivity index (χ4n) is 2.52. The largest absolute Gasteiger partial charge is 0.368 e. The number of aromatic nitrogens is 2. The van der Waals surface area contributed by atoms with Crippen molar-refractivity contribution in [2.75, 3.05) is 36.0 Å². The topological polar surface area (TPSA) is 24.3 Å². The summed E-state index contributed by atoms with van der Waals surface area (Å²) in [6, 6.07) is 10.9. The molecule has 1 aliphatic rings. The molecule has 2 heterocycles. The Labute approximate surface area is 114 Å². The Morgan fingerprint density at radius 1 is 0.895 bits per heavy atom. The lowest BCUT2D eigenvalue weighted by Gasteiger charge is -2.36. The number of piperazine rings is 1. The molecule has 19 heavy (non-hydrogen) atoms. The van der Waals surface area contributed by atoms with Gasteiger partial charge in [-0.05, 0) is 19.1 Å². The standard InChI is InChI=1S/C15H20N4/c1-13-3-5-14(6-4-13)18-9-11-19(12-10-18)15-7-8-17(2)16-15/h3-8H,9-12H2,1-2H3. The van der Waals surface area contributed by atoms with Crippen LogP contribution in [0.1, 0.15) is 5.56 Å². The highest BCUT2D eigenvalue weighted by Gasteiger charge is 2.18. The first-order valence-corrected chi connectivity index (χ1v) is 6.78. The van der Waals surface area contributed by atoms with E-state index in [1.54, 1.807) is 0 Å². The minimum atomic E-state index is 1.03. The van der Waals surface area contributed by atoms with Crippen LogP contribution in [0.5, 0.6) is 0 Å². The summed E-state index contributed by atoms with van der Waals surface area (Å²) in [7, 11) is 1.96. The zero-order valence-electron chi connectivity index (χ0n) is 11.6. The van der Waals surface area contributed by atoms with E-state index in [0.29, 0.717) is 0 Å². The Kier molecular flexibility index (Phi) is 3.15. The van der Waals surface area contributed by atoms with E-state index in [0.717, 1.165) is 32.0 Å². The van der Waals surface area contributed by atoms with Gasteiger partial charge in [-0.3, -0.25) is 4.68 Å². The second-order valence-electron chi connectivity index (χ2n) is 5.16. The molecule has 0 atom stereocenters. The van der Waals surface area contributed by atoms with Crippen molar-refractivity contribution in [3.63, 3.8) is 0 Å². The third-order valence-corrected chi connectivity index (χ3v) is 3.70. The van der Waals surface area contributed by atoms with Crippen molar-refractivity contribution in [1.82, 2.24) is 9.78 Å². The minimum absolute atomic E-state index is 1.03. The molecule has 0 bridgehead atoms. The number of aryl methyl sites for hydroxylation is 2. The van der Waals surface area contributed by atoms with Gasteiger partial charge in [-0.25, -0.2) is 0 Å². The maximum atomic E-state index is 4.47. The minimum Gasteiger partial charge on any atom is -0.368 e. The van der Waals surface area contributed by atoms with Crippen LogP contribution >= 0.6 is 0 Å². The number of hydrogen-bond acceptors (Lipinski definition) is 3. The molecule has 1 fully saturated rings. The van der Waals surface area contributed by atoms with Gasteiger partial charge in [0.05, 0.1) is 0 Å². The van der Waals surface area contributed by atoms with E-state index in [-0.39, 0.29) is 0 Å². The maximum absolute atomic E-state index is 4.47. The molecule has 0 N–H and O–H groups in total. The van der Waals surface area contributed by atoms with Crippen molar-refractivity contribution in [2.24, 2.45) is 7.05 Å². The van der Waals surface area contributed by atoms with Gasteiger partial charge >= 0.3 is 0 Å². The Hall–Kier alpha value is -1.97. The number of hydrogen-bond donors (Lipinski definition) is 0. The lowest BCUT2D eigenvalue weighted by Crippen LogP contribution is -2.46. The van der Waals surface area contributed by atoms with E-state index in [1.165, 1.54) is 11.3 Å². The van der Waals surface area contributed by atoms with E-state index in [4.69, 9.17) is 0 Å². The van der Waals surface area contributed by atoms with Crippen LogP contribution in [0.3, 0.4) is 0 Å². The van der Waals surface area contributed by atoms with Crippen LogP contribution in [0.15, 0.2) is 36.5 Å². The summed E-state index contributed by atoms with van der Waals surface area (Å²) in [5, 5.41) is 4.47. The first-order valence-electron chi connectivity index (χ1n) is 6.78. The molecule has 1 aromatic heterocycles. The highest BCUT2D eigenvalue weighted by Crippen LogP contribution is 2.19. The van der Waals surface area contributed by atoms with Crippen LogP contribution in [0.4, 0.5) is 11.5 Å². The van der Waals surface area contributed by atoms with Crippen molar-refractivity contribution in [1.29, 1.82) is 0 Å². The maximum Gasteiger partial charge on any atom is 0.150 e. The van der Waals surface area contributed by atoms with Crippen LogP contribution in [-0.4, -0.2) is 36.0 Å². The molecule has 3 rings (SSSR count). The highest BCUT2D eigenvalue weighted by atomic mass is 15.4. The molecule has 0 radical (unpaired) electrons. The average molecular weight is 256 g/mol. The van der Waals surface area contributed by atoms with Gasteiger partial charge < -0.3 is 9.80 Å². The average Bonchev–Trinajstić information content (AvgIpc) is 2.87. The van der Waals surface area contributed by atoms with Crippen molar-refractivity contribution in [2.45, 2.75) is 6.92 Å². The molecule has 0 aliphatic carbocycles. The monoisotopic (exact) mass is 256 g/mol. The SMILES string of the molecule is Cc1ccc(N2CCN(c3ccn(C)n3)CC2)cc1. The fraction of sp³-hybridized carbons (Fsp3) is 0.400. The summed E-state index contributed by atoms with van der Waals surface area (Å²) in [6.07, 6.45) is 2.00. The highest BCUT2D eigenvalue weighted by molar-refractivity contribution is 5.50. The normalized spacial score (nSPS) is 15.9. The molecule has 0 unspecified atom stereocenters. The zero-order chi connectivity index (χ0) is 13.2. The predicted octanol–water partition coefficient (Wildman–Crippen LogP) is 2.06. The van der Waals surface area contributed by atoms with Crippen LogP contribution in [0.2, 0.25) is 0 Å². The second kappa shape index (κ2) is 4.96. The zero-order valence-corrected chi connectivity index (χ0v) is 11.6. The molecule has 4 nitrogen and oxygen atoms in total. The van der Waals surface area contributed by atoms with Gasteiger partial charge in [0.1, 0.15) is 0 Å². The molecule has 100 valence electrons. The van der Waals surface area contributed by atoms with E-state index < -0.39 is 0 Å². The molecular weight excluding hydrogens is 236 g/mol. The molecule has 1 aromatic carbocycles. The predicted molar refractivity (Wildman–Crippen MR) is 78.8 cm³/mol. The van der Waals surface area contributed by atoms with E-state index >= 15 is 0 Å². The van der Waals surface area contributed by atoms with Gasteiger partial charge in [0.2, 0.25) is 0 Å². The van der Waals surface area contributed by atoms with Gasteiger partial charge in [0.15, 0.2) is 5.82 Å². The lowest BCUT2D eigenvalue weighted by molar-refractivity contribution is 0.639. The van der Waals surface area contributed by atoms with Gasteiger partial charge in [-0.15, -0.1) is 0 Å². The van der Waals surface area contributed by atoms with Crippen LogP contribution in [0.25, 0.3) is 0 Å². The summed E-state index contributed by atoms with van der Waals surface area (Å²) in [5.41, 5.74) is 2.64. The molecular formula is C15H20N4. The third-order valence-electron chi connectivity index (χ3n) is 3.70. The smallest absolute Gasteiger partial charge is 0.150 e. The summed E-state index contributed by atoms with van der Waals surface area (Å²) >= 11 is 0. The number of rotatable bonds is 2. The van der Waals surface area contributed by atoms with Crippen molar-refractivity contribution in [3.05, 3.63) is 42.1 Å². The van der Waals surface area contributed by atoms with E-state index in [9.17, 15) is 0 Å². The van der Waals surface area contributed by atoms with Crippen molar-refractivity contribution < 1.29 is 0 Å². The molecule has 0 spiro atoms. The van der Waals surface area contributed by atoms with Crippen molar-refractivity contribution in [3.8, 4) is 0 Å². The Morgan fingerprint density at radius 2 is 1.53 bits per heavy atom. The molecule has 1 aliphatic heterocycles. The van der Waals surface area contributed by atoms with Gasteiger partial charge in [-0.2, -0.15) is 5.10 Å². The molecule has 0 saturated carbocycles. The second-order valence-corrected chi connectivity index (χ2v) is 5.16. The Bertz CT molecular complexity index is 536. The Morgan fingerprint density at radius 3 is 2.11 bits per heavy atom. The summed E-state index contributed by atoms with van der Waals surface area (Å²) in [4.78, 5) is 4.80. The van der Waals surface area contributed by atoms with Gasteiger partial charge in [0, 0.05) is 51.2 Å². The summed E-state index contributed by atoms with van der Waals surface area (Å²) < 4.78 is 1.86. The first kappa shape index (κ1) is 12.1. The van der Waals surface area contributed by atoms with Crippen LogP contribution < -0.4 is 9.80 Å². The molecule has 0 amide bonds. The third kappa shape index (κ3) is 2.57. The van der Waals surface area contributed by atoms with Crippen molar-refractivity contribution >= 4 is 11.5 Å². The van der Waals surface area contributed by atoms with Gasteiger partial charge in [0.25, 0.3) is 0 Å². The van der Waals surface area contributed by atoms with E-state index in [1.807, 2.05) is 17.9 Å². The molecule has 1 saturated heterocycles. The van der Waals surface area contributed by atoms with Crippen LogP contribution in [0, 0.1) is 6.92 Å². The number of benzene rings is 1. The molecule has 4 heteroatoms. The van der Waals surface area contributed by atoms with Gasteiger partial charge in [-0.1, -0.05) is 17.7 Å². The fourth-order valence-corrected chi connectivity index (χ4v) is 2.52. The lowest BCUT2D eigenvalue weighted by atomic mass is 10.2. The number of nitrogens with zero attached hydrogens (tertiary/aromatic N) is 4. The summed E-state index contributed by atoms with van der Waals surface area (Å²) in [6.45, 7) is 6.30. The van der Waals surface area contributed by atoms with Crippen LogP contribution in [-0.2, 0) is 7.05 Å².